The molecule has 0 spiro atoms. The highest BCUT2D eigenvalue weighted by molar-refractivity contribution is 6.28. The summed E-state index contributed by atoms with van der Waals surface area (Å²) >= 11 is 6.13. The number of pyridine rings is 1. The number of hydrogen-bond donors (Lipinski definition) is 0. The molecule has 0 aliphatic rings. The zero-order valence-corrected chi connectivity index (χ0v) is 14.7. The number of nitrogens with zero attached hydrogens (tertiary/aromatic N) is 5. The molecular weight excluding hydrogens is 357 g/mol. The minimum Gasteiger partial charge on any atom is -0.495 e. The van der Waals surface area contributed by atoms with Crippen LogP contribution in [0.15, 0.2) is 42.7 Å². The van der Waals surface area contributed by atoms with E-state index in [0.29, 0.717) is 28.2 Å². The van der Waals surface area contributed by atoms with Gasteiger partial charge >= 0.3 is 0 Å². The molecule has 4 rings (SSSR count). The summed E-state index contributed by atoms with van der Waals surface area (Å²) in [6.45, 7) is 0. The van der Waals surface area contributed by atoms with Crippen molar-refractivity contribution in [3.63, 3.8) is 0 Å². The number of benzene rings is 1. The van der Waals surface area contributed by atoms with Crippen LogP contribution in [0.5, 0.6) is 5.75 Å². The molecule has 6 nitrogen and oxygen atoms in total. The van der Waals surface area contributed by atoms with E-state index >= 15 is 0 Å². The Labute approximate surface area is 153 Å². The van der Waals surface area contributed by atoms with Gasteiger partial charge < -0.3 is 4.74 Å². The predicted molar refractivity (Wildman–Crippen MR) is 96.5 cm³/mol. The molecule has 8 heteroatoms. The van der Waals surface area contributed by atoms with Crippen molar-refractivity contribution in [1.29, 1.82) is 0 Å². The average molecular weight is 370 g/mol. The normalized spacial score (nSPS) is 11.1. The summed E-state index contributed by atoms with van der Waals surface area (Å²) in [6.07, 6.45) is 3.42. The molecule has 3 heterocycles. The van der Waals surface area contributed by atoms with E-state index in [9.17, 15) is 4.39 Å². The number of methoxy groups -OCH3 is 1. The first-order valence-electron chi connectivity index (χ1n) is 7.72. The maximum Gasteiger partial charge on any atom is 0.223 e. The molecule has 0 bridgehead atoms. The topological polar surface area (TPSA) is 65.7 Å². The van der Waals surface area contributed by atoms with Crippen LogP contribution in [-0.2, 0) is 7.05 Å². The molecule has 0 aliphatic carbocycles. The number of ether oxygens (including phenoxy) is 1. The van der Waals surface area contributed by atoms with Gasteiger partial charge in [-0.1, -0.05) is 0 Å². The van der Waals surface area contributed by atoms with Crippen molar-refractivity contribution < 1.29 is 9.13 Å². The largest absolute Gasteiger partial charge is 0.495 e. The Morgan fingerprint density at radius 1 is 1.12 bits per heavy atom. The van der Waals surface area contributed by atoms with Crippen molar-refractivity contribution in [1.82, 2.24) is 24.7 Å². The molecular formula is C18H13ClFN5O. The molecule has 1 aromatic carbocycles. The van der Waals surface area contributed by atoms with Gasteiger partial charge in [-0.2, -0.15) is 5.10 Å². The standard InChI is InChI=1S/C18H13ClFN5O/c1-25-9-13(15(24-25)10-3-5-11(20)6-4-10)16-17-14(22-18(19)23-16)7-12(26-2)8-21-17/h3-9H,1-2H3. The maximum atomic E-state index is 13.3. The zero-order chi connectivity index (χ0) is 18.3. The van der Waals surface area contributed by atoms with Crippen LogP contribution < -0.4 is 4.74 Å². The van der Waals surface area contributed by atoms with E-state index in [-0.39, 0.29) is 11.1 Å². The van der Waals surface area contributed by atoms with Crippen molar-refractivity contribution in [3.8, 4) is 28.3 Å². The minimum atomic E-state index is -0.310. The van der Waals surface area contributed by atoms with E-state index in [4.69, 9.17) is 16.3 Å². The summed E-state index contributed by atoms with van der Waals surface area (Å²) < 4.78 is 20.1. The molecule has 0 radical (unpaired) electrons. The fourth-order valence-corrected chi connectivity index (χ4v) is 2.93. The molecule has 0 saturated carbocycles. The Kier molecular flexibility index (Phi) is 4.00. The van der Waals surface area contributed by atoms with Crippen LogP contribution in [0, 0.1) is 5.82 Å². The summed E-state index contributed by atoms with van der Waals surface area (Å²) in [5, 5.41) is 4.59. The first kappa shape index (κ1) is 16.4. The van der Waals surface area contributed by atoms with Crippen molar-refractivity contribution in [2.24, 2.45) is 7.05 Å². The van der Waals surface area contributed by atoms with Gasteiger partial charge in [0.05, 0.1) is 18.8 Å². The van der Waals surface area contributed by atoms with Crippen LogP contribution in [0.2, 0.25) is 5.28 Å². The zero-order valence-electron chi connectivity index (χ0n) is 13.9. The lowest BCUT2D eigenvalue weighted by atomic mass is 10.0. The first-order valence-corrected chi connectivity index (χ1v) is 8.10. The number of aryl methyl sites for hydroxylation is 1. The van der Waals surface area contributed by atoms with Gasteiger partial charge in [0.25, 0.3) is 0 Å². The molecule has 130 valence electrons. The Balaban J connectivity index is 1.97. The Morgan fingerprint density at radius 2 is 1.88 bits per heavy atom. The SMILES string of the molecule is COc1cnc2c(-c3cn(C)nc3-c3ccc(F)cc3)nc(Cl)nc2c1. The van der Waals surface area contributed by atoms with E-state index in [1.165, 1.54) is 12.1 Å². The van der Waals surface area contributed by atoms with Gasteiger partial charge in [-0.15, -0.1) is 0 Å². The highest BCUT2D eigenvalue weighted by atomic mass is 35.5. The van der Waals surface area contributed by atoms with Gasteiger partial charge in [0, 0.05) is 30.4 Å². The molecule has 0 amide bonds. The van der Waals surface area contributed by atoms with Gasteiger partial charge in [-0.25, -0.2) is 19.3 Å². The van der Waals surface area contributed by atoms with Gasteiger partial charge in [-0.05, 0) is 35.9 Å². The van der Waals surface area contributed by atoms with Gasteiger partial charge in [0.1, 0.15) is 28.5 Å². The second kappa shape index (κ2) is 6.34. The minimum absolute atomic E-state index is 0.0939. The molecule has 0 N–H and O–H groups in total. The maximum absolute atomic E-state index is 13.3. The summed E-state index contributed by atoms with van der Waals surface area (Å²) in [6, 6.07) is 7.86. The lowest BCUT2D eigenvalue weighted by molar-refractivity contribution is 0.413. The summed E-state index contributed by atoms with van der Waals surface area (Å²) in [7, 11) is 3.36. The Hall–Kier alpha value is -3.06. The summed E-state index contributed by atoms with van der Waals surface area (Å²) in [5.74, 6) is 0.263. The van der Waals surface area contributed by atoms with E-state index in [2.05, 4.69) is 20.1 Å². The van der Waals surface area contributed by atoms with E-state index in [1.54, 1.807) is 43.2 Å². The van der Waals surface area contributed by atoms with E-state index < -0.39 is 0 Å². The van der Waals surface area contributed by atoms with Crippen molar-refractivity contribution in [2.75, 3.05) is 7.11 Å². The predicted octanol–water partition coefficient (Wildman–Crippen LogP) is 3.89. The molecule has 4 aromatic rings. The van der Waals surface area contributed by atoms with Gasteiger partial charge in [0.2, 0.25) is 5.28 Å². The smallest absolute Gasteiger partial charge is 0.223 e. The van der Waals surface area contributed by atoms with Crippen LogP contribution in [0.4, 0.5) is 4.39 Å². The molecule has 3 aromatic heterocycles. The van der Waals surface area contributed by atoms with Gasteiger partial charge in [0.15, 0.2) is 0 Å². The molecule has 0 unspecified atom stereocenters. The highest BCUT2D eigenvalue weighted by Gasteiger charge is 2.18. The Morgan fingerprint density at radius 3 is 2.62 bits per heavy atom. The highest BCUT2D eigenvalue weighted by Crippen LogP contribution is 2.34. The monoisotopic (exact) mass is 369 g/mol. The molecule has 0 aliphatic heterocycles. The van der Waals surface area contributed by atoms with Crippen LogP contribution in [0.3, 0.4) is 0 Å². The first-order chi connectivity index (χ1) is 12.5. The number of fused-ring (bicyclic) bond motifs is 1. The van der Waals surface area contributed by atoms with E-state index in [1.807, 2.05) is 6.20 Å². The second-order valence-corrected chi connectivity index (χ2v) is 5.99. The summed E-state index contributed by atoms with van der Waals surface area (Å²) in [4.78, 5) is 13.0. The fraction of sp³-hybridized carbons (Fsp3) is 0.111. The number of halogens is 2. The third-order valence-corrected chi connectivity index (χ3v) is 4.09. The van der Waals surface area contributed by atoms with Crippen molar-refractivity contribution in [2.45, 2.75) is 0 Å². The number of rotatable bonds is 3. The third-order valence-electron chi connectivity index (χ3n) is 3.92. The van der Waals surface area contributed by atoms with Crippen molar-refractivity contribution in [3.05, 3.63) is 53.8 Å². The molecule has 0 fully saturated rings. The average Bonchev–Trinajstić information content (AvgIpc) is 3.02. The van der Waals surface area contributed by atoms with E-state index in [0.717, 1.165) is 11.1 Å². The molecule has 0 atom stereocenters. The lowest BCUT2D eigenvalue weighted by Gasteiger charge is -2.07. The number of hydrogen-bond acceptors (Lipinski definition) is 5. The third kappa shape index (κ3) is 2.86. The Bertz CT molecular complexity index is 1110. The number of aromatic nitrogens is 5. The van der Waals surface area contributed by atoms with Crippen LogP contribution >= 0.6 is 11.6 Å². The van der Waals surface area contributed by atoms with Crippen LogP contribution in [0.25, 0.3) is 33.5 Å². The molecule has 26 heavy (non-hydrogen) atoms. The quantitative estimate of drug-likeness (QED) is 0.512. The van der Waals surface area contributed by atoms with Crippen LogP contribution in [-0.4, -0.2) is 31.8 Å². The van der Waals surface area contributed by atoms with Crippen LogP contribution in [0.1, 0.15) is 0 Å². The van der Waals surface area contributed by atoms with Crippen molar-refractivity contribution >= 4 is 22.6 Å². The van der Waals surface area contributed by atoms with Gasteiger partial charge in [-0.3, -0.25) is 4.68 Å². The lowest BCUT2D eigenvalue weighted by Crippen LogP contribution is -1.95. The molecule has 0 saturated heterocycles. The second-order valence-electron chi connectivity index (χ2n) is 5.66. The summed E-state index contributed by atoms with van der Waals surface area (Å²) in [5.41, 5.74) is 3.83. The fourth-order valence-electron chi connectivity index (χ4n) is 2.75.